The third-order valence-electron chi connectivity index (χ3n) is 7.02. The van der Waals surface area contributed by atoms with Crippen molar-refractivity contribution >= 4 is 9.92 Å². The summed E-state index contributed by atoms with van der Waals surface area (Å²) in [5.74, 6) is 2.98. The van der Waals surface area contributed by atoms with Gasteiger partial charge in [0.05, 0.1) is 6.61 Å². The van der Waals surface area contributed by atoms with Gasteiger partial charge in [0.1, 0.15) is 27.7 Å². The van der Waals surface area contributed by atoms with E-state index in [1.54, 1.807) is 6.07 Å². The van der Waals surface area contributed by atoms with Crippen molar-refractivity contribution in [1.82, 2.24) is 4.72 Å². The number of rotatable bonds is 9. The van der Waals surface area contributed by atoms with Gasteiger partial charge in [-0.2, -0.15) is 0 Å². The number of aliphatic hydroxyl groups is 1. The van der Waals surface area contributed by atoms with E-state index in [2.05, 4.69) is 4.72 Å². The van der Waals surface area contributed by atoms with E-state index in [9.17, 15) is 13.7 Å². The highest BCUT2D eigenvalue weighted by Crippen LogP contribution is 2.46. The molecule has 1 aromatic rings. The van der Waals surface area contributed by atoms with Crippen LogP contribution in [0.15, 0.2) is 12.1 Å². The van der Waals surface area contributed by atoms with Crippen LogP contribution in [0.5, 0.6) is 5.75 Å². The molecule has 3 fully saturated rings. The minimum Gasteiger partial charge on any atom is -0.493 e. The molecule has 0 saturated heterocycles. The fourth-order valence-electron chi connectivity index (χ4n) is 5.57. The predicted octanol–water partition coefficient (Wildman–Crippen LogP) is 5.25. The summed E-state index contributed by atoms with van der Waals surface area (Å²) >= 11 is 0. The Balaban J connectivity index is 1.35. The normalized spacial score (nSPS) is 29.2. The maximum Gasteiger partial charge on any atom is 0.145 e. The van der Waals surface area contributed by atoms with Gasteiger partial charge < -0.3 is 9.84 Å². The topological polar surface area (TPSA) is 82.4 Å². The Hall–Kier alpha value is -1.18. The molecule has 0 spiro atoms. The van der Waals surface area contributed by atoms with Crippen molar-refractivity contribution in [3.05, 3.63) is 29.1 Å². The smallest absolute Gasteiger partial charge is 0.145 e. The van der Waals surface area contributed by atoms with Gasteiger partial charge in [-0.1, -0.05) is 19.3 Å². The Morgan fingerprint density at radius 1 is 1.23 bits per heavy atom. The number of ether oxygens (including phenoxy) is 1. The molecule has 2 bridgehead atoms. The Bertz CT molecular complexity index is 844. The molecule has 5 nitrogen and oxygen atoms in total. The lowest BCUT2D eigenvalue weighted by molar-refractivity contribution is 0.127. The number of nitrogens with one attached hydrogen (secondary N) is 2. The van der Waals surface area contributed by atoms with Crippen LogP contribution in [0.25, 0.3) is 0 Å². The molecule has 3 aliphatic rings. The highest BCUT2D eigenvalue weighted by Gasteiger charge is 2.32. The quantitative estimate of drug-likeness (QED) is 0.364. The first-order valence-corrected chi connectivity index (χ1v) is 13.4. The molecule has 0 radical (unpaired) electrons. The lowest BCUT2D eigenvalue weighted by Crippen LogP contribution is -2.27. The first-order chi connectivity index (χ1) is 14.3. The maximum atomic E-state index is 14.6. The SMILES string of the molecule is CS(=N)(=O)NC(O)c1cc(C2CC2)c(OCCCC2CC3CCCC(C2)C3)cc1F. The van der Waals surface area contributed by atoms with E-state index in [-0.39, 0.29) is 5.56 Å². The second-order valence-electron chi connectivity index (χ2n) is 9.78. The molecule has 4 unspecified atom stereocenters. The van der Waals surface area contributed by atoms with Crippen LogP contribution in [0.3, 0.4) is 0 Å². The van der Waals surface area contributed by atoms with E-state index in [1.807, 2.05) is 0 Å². The molecule has 4 rings (SSSR count). The zero-order valence-electron chi connectivity index (χ0n) is 17.9. The molecule has 4 atom stereocenters. The van der Waals surface area contributed by atoms with Gasteiger partial charge in [-0.05, 0) is 80.2 Å². The number of hydrogen-bond acceptors (Lipinski definition) is 4. The number of benzene rings is 1. The average Bonchev–Trinajstić information content (AvgIpc) is 3.48. The van der Waals surface area contributed by atoms with Crippen LogP contribution >= 0.6 is 0 Å². The van der Waals surface area contributed by atoms with Crippen molar-refractivity contribution in [3.8, 4) is 5.75 Å². The van der Waals surface area contributed by atoms with Gasteiger partial charge in [0, 0.05) is 17.9 Å². The maximum absolute atomic E-state index is 14.6. The highest BCUT2D eigenvalue weighted by atomic mass is 32.2. The lowest BCUT2D eigenvalue weighted by atomic mass is 9.67. The number of halogens is 1. The van der Waals surface area contributed by atoms with E-state index in [0.29, 0.717) is 18.3 Å². The third kappa shape index (κ3) is 5.74. The largest absolute Gasteiger partial charge is 0.493 e. The van der Waals surface area contributed by atoms with Crippen LogP contribution < -0.4 is 9.46 Å². The van der Waals surface area contributed by atoms with Gasteiger partial charge in [-0.3, -0.25) is 0 Å². The lowest BCUT2D eigenvalue weighted by Gasteiger charge is -2.39. The summed E-state index contributed by atoms with van der Waals surface area (Å²) in [6.45, 7) is 0.584. The first-order valence-electron chi connectivity index (χ1n) is 11.4. The second kappa shape index (κ2) is 9.13. The van der Waals surface area contributed by atoms with E-state index in [1.165, 1.54) is 51.0 Å². The summed E-state index contributed by atoms with van der Waals surface area (Å²) in [4.78, 5) is 0. The summed E-state index contributed by atoms with van der Waals surface area (Å²) in [5.41, 5.74) is 0.937. The molecule has 0 aromatic heterocycles. The Kier molecular flexibility index (Phi) is 6.70. The standard InChI is InChI=1S/C23H35FN2O3S/c1-30(25,28)26-23(27)20-13-19(18-7-8-18)22(14-21(20)24)29-9-3-6-17-11-15-4-2-5-16(10-15)12-17/h13-18,23,27H,2-12H2,1H3,(H2,25,26,28). The van der Waals surface area contributed by atoms with Crippen LogP contribution in [0, 0.1) is 28.4 Å². The monoisotopic (exact) mass is 438 g/mol. The summed E-state index contributed by atoms with van der Waals surface area (Å²) in [7, 11) is -3.15. The van der Waals surface area contributed by atoms with E-state index in [4.69, 9.17) is 9.52 Å². The third-order valence-corrected chi connectivity index (χ3v) is 7.69. The van der Waals surface area contributed by atoms with Crippen molar-refractivity contribution in [2.75, 3.05) is 12.9 Å². The summed E-state index contributed by atoms with van der Waals surface area (Å²) in [6, 6.07) is 2.97. The van der Waals surface area contributed by atoms with Crippen molar-refractivity contribution in [1.29, 1.82) is 4.78 Å². The summed E-state index contributed by atoms with van der Waals surface area (Å²) in [5, 5.41) is 10.2. The zero-order valence-corrected chi connectivity index (χ0v) is 18.7. The molecule has 0 heterocycles. The molecule has 3 N–H and O–H groups in total. The first kappa shape index (κ1) is 22.0. The van der Waals surface area contributed by atoms with Crippen molar-refractivity contribution in [2.24, 2.45) is 17.8 Å². The van der Waals surface area contributed by atoms with E-state index >= 15 is 0 Å². The number of fused-ring (bicyclic) bond motifs is 2. The Morgan fingerprint density at radius 2 is 1.93 bits per heavy atom. The van der Waals surface area contributed by atoms with Crippen LogP contribution in [-0.2, 0) is 9.92 Å². The fraction of sp³-hybridized carbons (Fsp3) is 0.739. The molecular formula is C23H35FN2O3S. The van der Waals surface area contributed by atoms with E-state index < -0.39 is 22.0 Å². The van der Waals surface area contributed by atoms with Gasteiger partial charge in [-0.25, -0.2) is 18.1 Å². The molecule has 1 aromatic carbocycles. The highest BCUT2D eigenvalue weighted by molar-refractivity contribution is 7.89. The van der Waals surface area contributed by atoms with Crippen LogP contribution in [0.2, 0.25) is 0 Å². The van der Waals surface area contributed by atoms with Crippen LogP contribution in [-0.4, -0.2) is 22.2 Å². The molecule has 3 saturated carbocycles. The zero-order chi connectivity index (χ0) is 21.3. The molecule has 168 valence electrons. The number of hydrogen-bond donors (Lipinski definition) is 3. The fourth-order valence-corrected chi connectivity index (χ4v) is 6.13. The van der Waals surface area contributed by atoms with Gasteiger partial charge in [0.2, 0.25) is 0 Å². The van der Waals surface area contributed by atoms with Crippen LogP contribution in [0.1, 0.15) is 87.5 Å². The minimum atomic E-state index is -3.15. The molecule has 30 heavy (non-hydrogen) atoms. The predicted molar refractivity (Wildman–Crippen MR) is 116 cm³/mol. The summed E-state index contributed by atoms with van der Waals surface area (Å²) < 4.78 is 41.9. The molecule has 7 heteroatoms. The molecule has 3 aliphatic carbocycles. The Labute approximate surface area is 179 Å². The van der Waals surface area contributed by atoms with Gasteiger partial charge in [0.25, 0.3) is 0 Å². The summed E-state index contributed by atoms with van der Waals surface area (Å²) in [6.07, 6.45) is 12.3. The molecule has 0 amide bonds. The van der Waals surface area contributed by atoms with Crippen molar-refractivity contribution < 1.29 is 18.4 Å². The second-order valence-corrected chi connectivity index (χ2v) is 11.7. The average molecular weight is 439 g/mol. The Morgan fingerprint density at radius 3 is 2.57 bits per heavy atom. The minimum absolute atomic E-state index is 0.0276. The number of aliphatic hydroxyl groups excluding tert-OH is 1. The van der Waals surface area contributed by atoms with Gasteiger partial charge in [0.15, 0.2) is 0 Å². The van der Waals surface area contributed by atoms with Gasteiger partial charge in [-0.15, -0.1) is 0 Å². The molecular weight excluding hydrogens is 403 g/mol. The van der Waals surface area contributed by atoms with Crippen LogP contribution in [0.4, 0.5) is 4.39 Å². The van der Waals surface area contributed by atoms with Gasteiger partial charge >= 0.3 is 0 Å². The van der Waals surface area contributed by atoms with Crippen molar-refractivity contribution in [3.63, 3.8) is 0 Å². The van der Waals surface area contributed by atoms with Crippen molar-refractivity contribution in [2.45, 2.75) is 76.4 Å². The van der Waals surface area contributed by atoms with E-state index in [0.717, 1.165) is 48.8 Å². The molecule has 0 aliphatic heterocycles.